The fourth-order valence-electron chi connectivity index (χ4n) is 1.65. The van der Waals surface area contributed by atoms with E-state index < -0.39 is 15.8 Å². The summed E-state index contributed by atoms with van der Waals surface area (Å²) in [6.07, 6.45) is 1.27. The molecule has 1 aromatic heterocycles. The van der Waals surface area contributed by atoms with E-state index in [2.05, 4.69) is 9.72 Å². The predicted molar refractivity (Wildman–Crippen MR) is 72.2 cm³/mol. The molecule has 0 aliphatic carbocycles. The van der Waals surface area contributed by atoms with E-state index in [1.54, 1.807) is 12.1 Å². The van der Waals surface area contributed by atoms with Crippen molar-refractivity contribution in [1.82, 2.24) is 4.98 Å². The summed E-state index contributed by atoms with van der Waals surface area (Å²) < 4.78 is 29.4. The molecule has 0 saturated carbocycles. The first-order valence-corrected chi connectivity index (χ1v) is 7.29. The summed E-state index contributed by atoms with van der Waals surface area (Å²) in [5.74, 6) is -0.675. The Kier molecular flexibility index (Phi) is 3.85. The van der Waals surface area contributed by atoms with E-state index in [-0.39, 0.29) is 15.5 Å². The first-order valence-electron chi connectivity index (χ1n) is 5.81. The molecule has 6 heteroatoms. The van der Waals surface area contributed by atoms with E-state index in [0.717, 1.165) is 5.56 Å². The molecule has 1 heterocycles. The van der Waals surface area contributed by atoms with Gasteiger partial charge in [-0.1, -0.05) is 17.7 Å². The van der Waals surface area contributed by atoms with E-state index in [0.29, 0.717) is 0 Å². The molecule has 104 valence electrons. The zero-order valence-corrected chi connectivity index (χ0v) is 11.8. The third-order valence-electron chi connectivity index (χ3n) is 2.77. The highest BCUT2D eigenvalue weighted by Crippen LogP contribution is 2.21. The number of benzene rings is 1. The van der Waals surface area contributed by atoms with Crippen molar-refractivity contribution in [3.63, 3.8) is 0 Å². The number of carbonyl (C=O) groups excluding carboxylic acids is 1. The normalized spacial score (nSPS) is 11.1. The third kappa shape index (κ3) is 2.70. The summed E-state index contributed by atoms with van der Waals surface area (Å²) in [4.78, 5) is 15.4. The lowest BCUT2D eigenvalue weighted by molar-refractivity contribution is 0.0593. The van der Waals surface area contributed by atoms with Crippen LogP contribution in [0.5, 0.6) is 0 Å². The number of methoxy groups -OCH3 is 1. The van der Waals surface area contributed by atoms with Crippen molar-refractivity contribution in [1.29, 1.82) is 0 Å². The summed E-state index contributed by atoms with van der Waals surface area (Å²) in [5, 5.41) is 0. The van der Waals surface area contributed by atoms with Crippen molar-refractivity contribution >= 4 is 15.8 Å². The molecule has 2 aromatic rings. The Morgan fingerprint density at radius 3 is 2.35 bits per heavy atom. The Labute approximate surface area is 117 Å². The highest BCUT2D eigenvalue weighted by Gasteiger charge is 2.19. The molecule has 0 bridgehead atoms. The zero-order valence-electron chi connectivity index (χ0n) is 11.0. The molecule has 0 aliphatic rings. The van der Waals surface area contributed by atoms with Gasteiger partial charge in [0.2, 0.25) is 9.84 Å². The molecule has 0 amide bonds. The minimum atomic E-state index is -3.67. The van der Waals surface area contributed by atoms with Gasteiger partial charge >= 0.3 is 5.97 Å². The molecule has 0 spiro atoms. The second-order valence-electron chi connectivity index (χ2n) is 4.18. The van der Waals surface area contributed by atoms with Gasteiger partial charge in [-0.05, 0) is 31.2 Å². The second kappa shape index (κ2) is 5.42. The molecule has 0 aliphatic heterocycles. The summed E-state index contributed by atoms with van der Waals surface area (Å²) in [6.45, 7) is 1.87. The molecule has 0 unspecified atom stereocenters. The van der Waals surface area contributed by atoms with Gasteiger partial charge in [0.15, 0.2) is 0 Å². The largest absolute Gasteiger partial charge is 0.464 e. The minimum Gasteiger partial charge on any atom is -0.464 e. The summed E-state index contributed by atoms with van der Waals surface area (Å²) >= 11 is 0. The van der Waals surface area contributed by atoms with Crippen LogP contribution >= 0.6 is 0 Å². The molecule has 0 N–H and O–H groups in total. The van der Waals surface area contributed by atoms with Gasteiger partial charge in [0.25, 0.3) is 0 Å². The van der Waals surface area contributed by atoms with Crippen LogP contribution in [0.4, 0.5) is 0 Å². The second-order valence-corrected chi connectivity index (χ2v) is 6.13. The maximum absolute atomic E-state index is 12.4. The molecular weight excluding hydrogens is 278 g/mol. The molecule has 0 saturated heterocycles. The SMILES string of the molecule is COC(=O)c1cc(S(=O)(=O)c2ccc(C)cc2)ccn1. The molecule has 2 rings (SSSR count). The highest BCUT2D eigenvalue weighted by molar-refractivity contribution is 7.91. The van der Waals surface area contributed by atoms with Crippen LogP contribution in [0.2, 0.25) is 0 Å². The number of ether oxygens (including phenoxy) is 1. The summed E-state index contributed by atoms with van der Waals surface area (Å²) in [5.41, 5.74) is 0.926. The van der Waals surface area contributed by atoms with Crippen LogP contribution in [0.15, 0.2) is 52.4 Å². The average Bonchev–Trinajstić information content (AvgIpc) is 2.47. The summed E-state index contributed by atoms with van der Waals surface area (Å²) in [7, 11) is -2.45. The van der Waals surface area contributed by atoms with Crippen molar-refractivity contribution in [3.05, 3.63) is 53.9 Å². The maximum Gasteiger partial charge on any atom is 0.356 e. The topological polar surface area (TPSA) is 73.3 Å². The van der Waals surface area contributed by atoms with Gasteiger partial charge in [-0.3, -0.25) is 0 Å². The van der Waals surface area contributed by atoms with Gasteiger partial charge in [0, 0.05) is 6.20 Å². The Morgan fingerprint density at radius 1 is 1.10 bits per heavy atom. The first-order chi connectivity index (χ1) is 9.45. The molecular formula is C14H13NO4S. The van der Waals surface area contributed by atoms with Crippen molar-refractivity contribution in [2.75, 3.05) is 7.11 Å². The third-order valence-corrected chi connectivity index (χ3v) is 4.53. The number of rotatable bonds is 3. The van der Waals surface area contributed by atoms with Gasteiger partial charge in [-0.2, -0.15) is 0 Å². The Balaban J connectivity index is 2.49. The van der Waals surface area contributed by atoms with E-state index in [9.17, 15) is 13.2 Å². The lowest BCUT2D eigenvalue weighted by Gasteiger charge is -2.06. The van der Waals surface area contributed by atoms with E-state index in [1.165, 1.54) is 37.6 Å². The van der Waals surface area contributed by atoms with Gasteiger partial charge in [-0.25, -0.2) is 18.2 Å². The fraction of sp³-hybridized carbons (Fsp3) is 0.143. The van der Waals surface area contributed by atoms with Crippen LogP contribution in [0.25, 0.3) is 0 Å². The maximum atomic E-state index is 12.4. The molecule has 0 fully saturated rings. The first kappa shape index (κ1) is 14.2. The fourth-order valence-corrected chi connectivity index (χ4v) is 2.92. The standard InChI is InChI=1S/C14H13NO4S/c1-10-3-5-11(6-4-10)20(17,18)12-7-8-15-13(9-12)14(16)19-2/h3-9H,1-2H3. The Hall–Kier alpha value is -2.21. The average molecular weight is 291 g/mol. The van der Waals surface area contributed by atoms with Crippen molar-refractivity contribution in [3.8, 4) is 0 Å². The van der Waals surface area contributed by atoms with E-state index >= 15 is 0 Å². The zero-order chi connectivity index (χ0) is 14.8. The molecule has 5 nitrogen and oxygen atoms in total. The monoisotopic (exact) mass is 291 g/mol. The number of aromatic nitrogens is 1. The number of sulfone groups is 1. The molecule has 1 aromatic carbocycles. The predicted octanol–water partition coefficient (Wildman–Crippen LogP) is 2.01. The minimum absolute atomic E-state index is 0.0109. The lowest BCUT2D eigenvalue weighted by atomic mass is 10.2. The van der Waals surface area contributed by atoms with Crippen LogP contribution in [0.3, 0.4) is 0 Å². The molecule has 0 atom stereocenters. The van der Waals surface area contributed by atoms with E-state index in [4.69, 9.17) is 0 Å². The Bertz CT molecular complexity index is 736. The number of esters is 1. The van der Waals surface area contributed by atoms with Gasteiger partial charge in [0.05, 0.1) is 16.9 Å². The number of carbonyl (C=O) groups is 1. The van der Waals surface area contributed by atoms with Gasteiger partial charge in [-0.15, -0.1) is 0 Å². The quantitative estimate of drug-likeness (QED) is 0.809. The van der Waals surface area contributed by atoms with Gasteiger partial charge in [0.1, 0.15) is 5.69 Å². The smallest absolute Gasteiger partial charge is 0.356 e. The van der Waals surface area contributed by atoms with Gasteiger partial charge < -0.3 is 4.74 Å². The van der Waals surface area contributed by atoms with Crippen LogP contribution in [-0.2, 0) is 14.6 Å². The Morgan fingerprint density at radius 2 is 1.75 bits per heavy atom. The van der Waals surface area contributed by atoms with Crippen LogP contribution in [-0.4, -0.2) is 26.5 Å². The number of aryl methyl sites for hydroxylation is 1. The lowest BCUT2D eigenvalue weighted by Crippen LogP contribution is -2.08. The number of hydrogen-bond acceptors (Lipinski definition) is 5. The summed E-state index contributed by atoms with van der Waals surface area (Å²) in [6, 6.07) is 9.05. The van der Waals surface area contributed by atoms with Crippen molar-refractivity contribution in [2.45, 2.75) is 16.7 Å². The highest BCUT2D eigenvalue weighted by atomic mass is 32.2. The number of pyridine rings is 1. The van der Waals surface area contributed by atoms with E-state index in [1.807, 2.05) is 6.92 Å². The number of hydrogen-bond donors (Lipinski definition) is 0. The van der Waals surface area contributed by atoms with Crippen LogP contribution in [0.1, 0.15) is 16.1 Å². The van der Waals surface area contributed by atoms with Crippen LogP contribution < -0.4 is 0 Å². The van der Waals surface area contributed by atoms with Crippen molar-refractivity contribution < 1.29 is 17.9 Å². The molecule has 20 heavy (non-hydrogen) atoms. The number of nitrogens with zero attached hydrogens (tertiary/aromatic N) is 1. The van der Waals surface area contributed by atoms with Crippen LogP contribution in [0, 0.1) is 6.92 Å². The molecule has 0 radical (unpaired) electrons. The van der Waals surface area contributed by atoms with Crippen molar-refractivity contribution in [2.24, 2.45) is 0 Å².